The summed E-state index contributed by atoms with van der Waals surface area (Å²) in [7, 11) is 0. The molecule has 2 heteroatoms. The molecule has 0 fully saturated rings. The van der Waals surface area contributed by atoms with Crippen LogP contribution in [-0.2, 0) is 12.8 Å². The Labute approximate surface area is 106 Å². The molecule has 1 atom stereocenters. The van der Waals surface area contributed by atoms with Gasteiger partial charge in [0.2, 0.25) is 0 Å². The maximum atomic E-state index is 6.48. The monoisotopic (exact) mass is 250 g/mol. The second kappa shape index (κ2) is 5.51. The molecule has 0 bridgehead atoms. The van der Waals surface area contributed by atoms with Crippen molar-refractivity contribution >= 4 is 22.9 Å². The Morgan fingerprint density at radius 2 is 1.94 bits per heavy atom. The zero-order valence-corrected chi connectivity index (χ0v) is 10.9. The molecular weight excluding hydrogens is 236 g/mol. The zero-order chi connectivity index (χ0) is 11.4. The van der Waals surface area contributed by atoms with Gasteiger partial charge in [0.05, 0.1) is 5.38 Å². The predicted molar refractivity (Wildman–Crippen MR) is 72.4 cm³/mol. The van der Waals surface area contributed by atoms with Gasteiger partial charge in [0.1, 0.15) is 0 Å². The summed E-state index contributed by atoms with van der Waals surface area (Å²) in [6.45, 7) is 2.18. The summed E-state index contributed by atoms with van der Waals surface area (Å²) in [6, 6.07) is 12.6. The topological polar surface area (TPSA) is 0 Å². The highest BCUT2D eigenvalue weighted by atomic mass is 35.5. The Balaban J connectivity index is 2.11. The second-order valence-electron chi connectivity index (χ2n) is 3.82. The fourth-order valence-electron chi connectivity index (χ4n) is 1.83. The maximum absolute atomic E-state index is 6.48. The minimum absolute atomic E-state index is 0.109. The largest absolute Gasteiger partial charge is 0.147 e. The Kier molecular flexibility index (Phi) is 4.03. The number of hydrogen-bond donors (Lipinski definition) is 0. The van der Waals surface area contributed by atoms with Crippen LogP contribution < -0.4 is 0 Å². The lowest BCUT2D eigenvalue weighted by molar-refractivity contribution is 0.919. The van der Waals surface area contributed by atoms with Crippen molar-refractivity contribution in [3.8, 4) is 0 Å². The highest BCUT2D eigenvalue weighted by Crippen LogP contribution is 2.32. The summed E-state index contributed by atoms with van der Waals surface area (Å²) < 4.78 is 0. The van der Waals surface area contributed by atoms with Gasteiger partial charge in [-0.15, -0.1) is 22.9 Å². The molecule has 1 unspecified atom stereocenters. The van der Waals surface area contributed by atoms with E-state index in [0.717, 1.165) is 12.8 Å². The molecule has 0 nitrogen and oxygen atoms in total. The van der Waals surface area contributed by atoms with Crippen LogP contribution in [-0.4, -0.2) is 0 Å². The highest BCUT2D eigenvalue weighted by molar-refractivity contribution is 7.10. The van der Waals surface area contributed by atoms with Gasteiger partial charge in [0, 0.05) is 4.88 Å². The molecule has 1 aromatic carbocycles. The standard InChI is InChI=1S/C14H15ClS/c1-2-12-8-9-16-14(12)13(15)10-11-6-4-3-5-7-11/h3-9,13H,2,10H2,1H3. The third-order valence-electron chi connectivity index (χ3n) is 2.70. The number of halogens is 1. The molecule has 2 aromatic rings. The number of benzene rings is 1. The van der Waals surface area contributed by atoms with Crippen LogP contribution in [0.15, 0.2) is 41.8 Å². The quantitative estimate of drug-likeness (QED) is 0.682. The van der Waals surface area contributed by atoms with E-state index in [-0.39, 0.29) is 5.38 Å². The molecule has 1 aromatic heterocycles. The predicted octanol–water partition coefficient (Wildman–Crippen LogP) is 4.83. The number of aryl methyl sites for hydroxylation is 1. The van der Waals surface area contributed by atoms with Crippen LogP contribution in [0.4, 0.5) is 0 Å². The number of thiophene rings is 1. The molecule has 0 radical (unpaired) electrons. The van der Waals surface area contributed by atoms with Crippen LogP contribution in [0.25, 0.3) is 0 Å². The van der Waals surface area contributed by atoms with Crippen molar-refractivity contribution in [3.05, 3.63) is 57.8 Å². The van der Waals surface area contributed by atoms with E-state index in [4.69, 9.17) is 11.6 Å². The van der Waals surface area contributed by atoms with Gasteiger partial charge in [-0.1, -0.05) is 37.3 Å². The van der Waals surface area contributed by atoms with Crippen LogP contribution in [0.1, 0.15) is 28.3 Å². The second-order valence-corrected chi connectivity index (χ2v) is 5.30. The maximum Gasteiger partial charge on any atom is 0.0721 e. The van der Waals surface area contributed by atoms with Crippen molar-refractivity contribution in [2.75, 3.05) is 0 Å². The van der Waals surface area contributed by atoms with Gasteiger partial charge in [-0.2, -0.15) is 0 Å². The first-order valence-electron chi connectivity index (χ1n) is 5.55. The van der Waals surface area contributed by atoms with Gasteiger partial charge in [-0.3, -0.25) is 0 Å². The fourth-order valence-corrected chi connectivity index (χ4v) is 3.27. The Morgan fingerprint density at radius 3 is 2.62 bits per heavy atom. The van der Waals surface area contributed by atoms with E-state index in [2.05, 4.69) is 42.6 Å². The van der Waals surface area contributed by atoms with Gasteiger partial charge < -0.3 is 0 Å². The molecule has 0 aliphatic rings. The van der Waals surface area contributed by atoms with Gasteiger partial charge in [-0.25, -0.2) is 0 Å². The third kappa shape index (κ3) is 2.66. The molecule has 84 valence electrons. The summed E-state index contributed by atoms with van der Waals surface area (Å²) >= 11 is 8.25. The average molecular weight is 251 g/mol. The lowest BCUT2D eigenvalue weighted by Gasteiger charge is -2.09. The lowest BCUT2D eigenvalue weighted by Crippen LogP contribution is -1.96. The number of hydrogen-bond acceptors (Lipinski definition) is 1. The molecule has 0 amide bonds. The van der Waals surface area contributed by atoms with Crippen molar-refractivity contribution in [2.24, 2.45) is 0 Å². The summed E-state index contributed by atoms with van der Waals surface area (Å²) in [5.41, 5.74) is 2.69. The smallest absolute Gasteiger partial charge is 0.0721 e. The Bertz CT molecular complexity index is 433. The number of alkyl halides is 1. The van der Waals surface area contributed by atoms with Crippen LogP contribution in [0.3, 0.4) is 0 Å². The van der Waals surface area contributed by atoms with Crippen LogP contribution in [0.5, 0.6) is 0 Å². The molecule has 0 spiro atoms. The summed E-state index contributed by atoms with van der Waals surface area (Å²) in [5, 5.41) is 2.24. The molecule has 0 aliphatic carbocycles. The Morgan fingerprint density at radius 1 is 1.19 bits per heavy atom. The van der Waals surface area contributed by atoms with Gasteiger partial charge in [-0.05, 0) is 35.4 Å². The molecule has 1 heterocycles. The zero-order valence-electron chi connectivity index (χ0n) is 9.32. The van der Waals surface area contributed by atoms with E-state index in [1.54, 1.807) is 11.3 Å². The fraction of sp³-hybridized carbons (Fsp3) is 0.286. The molecule has 16 heavy (non-hydrogen) atoms. The van der Waals surface area contributed by atoms with Crippen molar-refractivity contribution < 1.29 is 0 Å². The van der Waals surface area contributed by atoms with E-state index in [9.17, 15) is 0 Å². The minimum atomic E-state index is 0.109. The lowest BCUT2D eigenvalue weighted by atomic mass is 10.1. The first-order valence-corrected chi connectivity index (χ1v) is 6.87. The van der Waals surface area contributed by atoms with E-state index < -0.39 is 0 Å². The summed E-state index contributed by atoms with van der Waals surface area (Å²) in [4.78, 5) is 1.33. The number of rotatable bonds is 4. The third-order valence-corrected chi connectivity index (χ3v) is 4.28. The van der Waals surface area contributed by atoms with Gasteiger partial charge >= 0.3 is 0 Å². The van der Waals surface area contributed by atoms with E-state index >= 15 is 0 Å². The minimum Gasteiger partial charge on any atom is -0.147 e. The van der Waals surface area contributed by atoms with Crippen LogP contribution >= 0.6 is 22.9 Å². The van der Waals surface area contributed by atoms with Crippen LogP contribution in [0.2, 0.25) is 0 Å². The molecule has 0 saturated carbocycles. The molecule has 0 saturated heterocycles. The van der Waals surface area contributed by atoms with Crippen molar-refractivity contribution in [3.63, 3.8) is 0 Å². The SMILES string of the molecule is CCc1ccsc1C(Cl)Cc1ccccc1. The van der Waals surface area contributed by atoms with Crippen molar-refractivity contribution in [1.82, 2.24) is 0 Å². The average Bonchev–Trinajstić information content (AvgIpc) is 2.78. The highest BCUT2D eigenvalue weighted by Gasteiger charge is 2.13. The molecule has 0 aliphatic heterocycles. The summed E-state index contributed by atoms with van der Waals surface area (Å²) in [5.74, 6) is 0. The summed E-state index contributed by atoms with van der Waals surface area (Å²) in [6.07, 6.45) is 1.98. The van der Waals surface area contributed by atoms with E-state index in [0.29, 0.717) is 0 Å². The Hall–Kier alpha value is -0.790. The van der Waals surface area contributed by atoms with Gasteiger partial charge in [0.15, 0.2) is 0 Å². The molecular formula is C14H15ClS. The van der Waals surface area contributed by atoms with Crippen molar-refractivity contribution in [1.29, 1.82) is 0 Å². The van der Waals surface area contributed by atoms with Gasteiger partial charge in [0.25, 0.3) is 0 Å². The molecule has 0 N–H and O–H groups in total. The molecule has 2 rings (SSSR count). The van der Waals surface area contributed by atoms with Crippen LogP contribution in [0, 0.1) is 0 Å². The van der Waals surface area contributed by atoms with Crippen molar-refractivity contribution in [2.45, 2.75) is 25.1 Å². The first-order chi connectivity index (χ1) is 7.81. The normalized spacial score (nSPS) is 12.6. The van der Waals surface area contributed by atoms with E-state index in [1.807, 2.05) is 6.07 Å². The first kappa shape index (κ1) is 11.7. The van der Waals surface area contributed by atoms with E-state index in [1.165, 1.54) is 16.0 Å².